The van der Waals surface area contributed by atoms with E-state index in [0.29, 0.717) is 24.1 Å². The topological polar surface area (TPSA) is 169 Å². The van der Waals surface area contributed by atoms with Crippen molar-refractivity contribution >= 4 is 31.0 Å². The second kappa shape index (κ2) is 14.0. The quantitative estimate of drug-likeness (QED) is 0.181. The lowest BCUT2D eigenvalue weighted by Crippen LogP contribution is -2.69. The molecule has 13 heteroatoms. The number of amides is 1. The van der Waals surface area contributed by atoms with E-state index in [0.717, 1.165) is 32.1 Å². The van der Waals surface area contributed by atoms with Crippen molar-refractivity contribution in [1.29, 1.82) is 0 Å². The Morgan fingerprint density at radius 3 is 2.59 bits per heavy atom. The highest BCUT2D eigenvalue weighted by molar-refractivity contribution is 7.47. The summed E-state index contributed by atoms with van der Waals surface area (Å²) in [5.41, 5.74) is -5.70. The molecule has 0 aromatic heterocycles. The summed E-state index contributed by atoms with van der Waals surface area (Å²) in [7, 11) is -4.87. The number of aliphatic hydroxyl groups excluding tert-OH is 1. The van der Waals surface area contributed by atoms with Crippen molar-refractivity contribution in [3.8, 4) is 17.6 Å². The van der Waals surface area contributed by atoms with Gasteiger partial charge in [0.2, 0.25) is 5.91 Å². The number of allylic oxidation sites excluding steroid dienone is 4. The Bertz CT molecular complexity index is 1740. The number of carbonyl (C=O) groups excluding carboxylic acids is 3. The Balaban J connectivity index is 1.07. The van der Waals surface area contributed by atoms with E-state index < -0.39 is 66.2 Å². The smallest absolute Gasteiger partial charge is 0.404 e. The van der Waals surface area contributed by atoms with Gasteiger partial charge in [0, 0.05) is 28.9 Å². The van der Waals surface area contributed by atoms with E-state index in [9.17, 15) is 34.1 Å². The number of phosphoric acid groups is 1. The van der Waals surface area contributed by atoms with Gasteiger partial charge in [-0.15, -0.1) is 5.92 Å². The highest BCUT2D eigenvalue weighted by atomic mass is 31.2. The molecule has 0 saturated heterocycles. The molecule has 3 saturated carbocycles. The van der Waals surface area contributed by atoms with Crippen LogP contribution in [0, 0.1) is 40.4 Å². The molecule has 51 heavy (non-hydrogen) atoms. The number of rotatable bonds is 10. The third-order valence-electron chi connectivity index (χ3n) is 12.3. The van der Waals surface area contributed by atoms with Crippen LogP contribution in [0.2, 0.25) is 0 Å². The van der Waals surface area contributed by atoms with Gasteiger partial charge in [-0.05, 0) is 100 Å². The molecule has 0 radical (unpaired) electrons. The number of alkyl halides is 1. The van der Waals surface area contributed by atoms with Crippen molar-refractivity contribution in [2.24, 2.45) is 28.6 Å². The van der Waals surface area contributed by atoms with Crippen LogP contribution in [0.3, 0.4) is 0 Å². The van der Waals surface area contributed by atoms with Crippen molar-refractivity contribution in [3.05, 3.63) is 48.1 Å². The van der Waals surface area contributed by atoms with Gasteiger partial charge >= 0.3 is 7.82 Å². The molecule has 2 unspecified atom stereocenters. The molecular formula is C38H47FNO10P. The summed E-state index contributed by atoms with van der Waals surface area (Å²) in [6.45, 7) is 3.90. The Morgan fingerprint density at radius 1 is 1.10 bits per heavy atom. The summed E-state index contributed by atoms with van der Waals surface area (Å²) in [6.07, 6.45) is 8.00. The minimum Gasteiger partial charge on any atom is -0.404 e. The normalized spacial score (nSPS) is 38.3. The standard InChI is InChI=1S/C38H47FNO10P/c1-24-19-31-30-16-11-25-20-27(41)17-18-35(25,2)37(30,39)32(42)21-36(31,3)38(24,45)33(43)22-49-51(46,47)50-29-14-12-26(13-15-29)40-34(44)23-48-28-9-7-5-4-6-8-10-28/h12-15,17-18,20,24,28,30-32,42,45H,4-7,9,11,16,19,21-23H2,1-3H3,(H,40,44)(H,46,47)/t24-,28?,30+,31+,32+,35+,36+,37+,38+/m1/s1. The first-order chi connectivity index (χ1) is 24.0. The first-order valence-electron chi connectivity index (χ1n) is 17.8. The number of hydrogen-bond acceptors (Lipinski definition) is 9. The second-order valence-corrected chi connectivity index (χ2v) is 16.6. The van der Waals surface area contributed by atoms with Crippen molar-refractivity contribution in [1.82, 2.24) is 0 Å². The molecule has 6 rings (SSSR count). The molecule has 1 amide bonds. The van der Waals surface area contributed by atoms with E-state index in [-0.39, 0.29) is 43.0 Å². The number of ether oxygens (including phenoxy) is 1. The SMILES string of the molecule is C[C@@H]1C[C@H]2[C@@H]3CCC4=CC(=O)C=C[C@]4(C)[C@@]3(F)[C@@H](O)C[C@]2(C)[C@@]1(O)C(=O)COP(=O)(O)Oc1ccc(NC(=O)COC2C#CCCCCC2)cc1. The van der Waals surface area contributed by atoms with Gasteiger partial charge in [-0.1, -0.05) is 37.8 Å². The fourth-order valence-corrected chi connectivity index (χ4v) is 10.3. The average Bonchev–Trinajstić information content (AvgIpc) is 3.26. The first kappa shape index (κ1) is 37.6. The minimum absolute atomic E-state index is 0.0698. The van der Waals surface area contributed by atoms with Crippen molar-refractivity contribution < 1.29 is 52.2 Å². The Labute approximate surface area is 297 Å². The molecule has 0 bridgehead atoms. The maximum Gasteiger partial charge on any atom is 0.527 e. The van der Waals surface area contributed by atoms with Crippen LogP contribution < -0.4 is 9.84 Å². The number of benzene rings is 1. The maximum absolute atomic E-state index is 17.4. The molecule has 1 aromatic rings. The van der Waals surface area contributed by atoms with Gasteiger partial charge in [-0.2, -0.15) is 0 Å². The molecule has 0 heterocycles. The predicted molar refractivity (Wildman–Crippen MR) is 185 cm³/mol. The van der Waals surface area contributed by atoms with Gasteiger partial charge in [0.1, 0.15) is 30.7 Å². The number of ketones is 2. The van der Waals surface area contributed by atoms with Gasteiger partial charge in [-0.3, -0.25) is 23.8 Å². The highest BCUT2D eigenvalue weighted by Crippen LogP contribution is 2.70. The summed E-state index contributed by atoms with van der Waals surface area (Å²) >= 11 is 0. The molecular weight excluding hydrogens is 680 g/mol. The van der Waals surface area contributed by atoms with E-state index in [1.807, 2.05) is 0 Å². The molecule has 276 valence electrons. The first-order valence-corrected chi connectivity index (χ1v) is 19.3. The molecule has 0 aliphatic heterocycles. The van der Waals surface area contributed by atoms with E-state index in [4.69, 9.17) is 13.8 Å². The van der Waals surface area contributed by atoms with Gasteiger partial charge in [0.25, 0.3) is 0 Å². The second-order valence-electron chi connectivity index (χ2n) is 15.2. The zero-order chi connectivity index (χ0) is 36.8. The Morgan fingerprint density at radius 2 is 1.84 bits per heavy atom. The number of phosphoric ester groups is 1. The van der Waals surface area contributed by atoms with Crippen LogP contribution in [-0.4, -0.2) is 69.3 Å². The highest BCUT2D eigenvalue weighted by Gasteiger charge is 2.75. The minimum atomic E-state index is -4.87. The Hall–Kier alpha value is -3.17. The van der Waals surface area contributed by atoms with Crippen molar-refractivity contribution in [2.75, 3.05) is 18.5 Å². The van der Waals surface area contributed by atoms with E-state index in [1.165, 1.54) is 36.4 Å². The lowest BCUT2D eigenvalue weighted by molar-refractivity contribution is -0.219. The monoisotopic (exact) mass is 727 g/mol. The molecule has 10 atom stereocenters. The van der Waals surface area contributed by atoms with Crippen LogP contribution in [0.25, 0.3) is 0 Å². The van der Waals surface area contributed by atoms with Crippen LogP contribution >= 0.6 is 7.82 Å². The lowest BCUT2D eigenvalue weighted by Gasteiger charge is -2.62. The van der Waals surface area contributed by atoms with Gasteiger partial charge < -0.3 is 24.8 Å². The number of Topliss-reactive ketones (excluding diaryl/α,β-unsaturated/α-hetero) is 1. The predicted octanol–water partition coefficient (Wildman–Crippen LogP) is 5.39. The molecule has 1 aromatic carbocycles. The van der Waals surface area contributed by atoms with Gasteiger partial charge in [0.05, 0.1) is 6.10 Å². The van der Waals surface area contributed by atoms with E-state index in [2.05, 4.69) is 17.2 Å². The summed E-state index contributed by atoms with van der Waals surface area (Å²) < 4.78 is 46.2. The van der Waals surface area contributed by atoms with Crippen LogP contribution in [0.5, 0.6) is 5.75 Å². The van der Waals surface area contributed by atoms with Crippen molar-refractivity contribution in [2.45, 2.75) is 102 Å². The molecule has 11 nitrogen and oxygen atoms in total. The largest absolute Gasteiger partial charge is 0.527 e. The lowest BCUT2D eigenvalue weighted by atomic mass is 9.44. The van der Waals surface area contributed by atoms with Gasteiger partial charge in [-0.25, -0.2) is 8.96 Å². The summed E-state index contributed by atoms with van der Waals surface area (Å²) in [4.78, 5) is 48.8. The number of anilines is 1. The summed E-state index contributed by atoms with van der Waals surface area (Å²) in [5.74, 6) is 2.66. The van der Waals surface area contributed by atoms with E-state index in [1.54, 1.807) is 26.8 Å². The van der Waals surface area contributed by atoms with Crippen LogP contribution in [0.15, 0.2) is 48.1 Å². The van der Waals surface area contributed by atoms with Crippen LogP contribution in [0.1, 0.15) is 78.6 Å². The third-order valence-corrected chi connectivity index (χ3v) is 13.2. The third kappa shape index (κ3) is 6.67. The Kier molecular flexibility index (Phi) is 10.3. The maximum atomic E-state index is 17.4. The number of aliphatic hydroxyl groups is 2. The fourth-order valence-electron chi connectivity index (χ4n) is 9.63. The number of carbonyl (C=O) groups is 3. The number of fused-ring (bicyclic) bond motifs is 5. The van der Waals surface area contributed by atoms with Crippen LogP contribution in [0.4, 0.5) is 10.1 Å². The summed E-state index contributed by atoms with van der Waals surface area (Å²) in [6, 6.07) is 5.61. The van der Waals surface area contributed by atoms with Crippen LogP contribution in [-0.2, 0) is 28.2 Å². The van der Waals surface area contributed by atoms with Gasteiger partial charge in [0.15, 0.2) is 17.2 Å². The van der Waals surface area contributed by atoms with E-state index >= 15 is 4.39 Å². The molecule has 5 aliphatic carbocycles. The zero-order valence-electron chi connectivity index (χ0n) is 29.2. The molecule has 5 aliphatic rings. The van der Waals surface area contributed by atoms with Crippen molar-refractivity contribution in [3.63, 3.8) is 0 Å². The number of nitrogens with one attached hydrogen (secondary N) is 1. The fraction of sp³-hybridized carbons (Fsp3) is 0.605. The summed E-state index contributed by atoms with van der Waals surface area (Å²) in [5, 5.41) is 26.3. The number of halogens is 1. The molecule has 3 fully saturated rings. The molecule has 0 spiro atoms. The molecule has 4 N–H and O–H groups in total. The zero-order valence-corrected chi connectivity index (χ0v) is 30.1. The average molecular weight is 728 g/mol. The number of hydrogen-bond donors (Lipinski definition) is 4.